The van der Waals surface area contributed by atoms with Crippen molar-refractivity contribution >= 4 is 0 Å². The third-order valence-electron chi connectivity index (χ3n) is 2.85. The summed E-state index contributed by atoms with van der Waals surface area (Å²) >= 11 is 0. The summed E-state index contributed by atoms with van der Waals surface area (Å²) in [6.07, 6.45) is 0. The number of hydrogen-bond donors (Lipinski definition) is 0. The molecule has 1 heterocycles. The third kappa shape index (κ3) is 2.01. The highest BCUT2D eigenvalue weighted by Gasteiger charge is 2.12. The highest BCUT2D eigenvalue weighted by molar-refractivity contribution is 5.33. The Hall–Kier alpha value is -2.10. The van der Waals surface area contributed by atoms with Gasteiger partial charge in [0.15, 0.2) is 0 Å². The molecule has 1 aromatic carbocycles. The molecule has 94 valence electrons. The van der Waals surface area contributed by atoms with E-state index >= 15 is 0 Å². The molecule has 2 rings (SSSR count). The highest BCUT2D eigenvalue weighted by atomic mass is 16.2. The maximum absolute atomic E-state index is 12.4. The monoisotopic (exact) mass is 244 g/mol. The van der Waals surface area contributed by atoms with E-state index in [0.29, 0.717) is 5.69 Å². The number of para-hydroxylation sites is 1. The highest BCUT2D eigenvalue weighted by Crippen LogP contribution is 2.07. The van der Waals surface area contributed by atoms with E-state index in [-0.39, 0.29) is 17.3 Å². The molecule has 1 aromatic heterocycles. The van der Waals surface area contributed by atoms with Crippen molar-refractivity contribution in [2.24, 2.45) is 0 Å². The van der Waals surface area contributed by atoms with Crippen LogP contribution in [0.3, 0.4) is 0 Å². The van der Waals surface area contributed by atoms with Crippen molar-refractivity contribution in [3.8, 4) is 5.69 Å². The van der Waals surface area contributed by atoms with Crippen molar-refractivity contribution in [3.05, 3.63) is 62.9 Å². The Morgan fingerprint density at radius 3 is 2.22 bits per heavy atom. The molecule has 0 fully saturated rings. The molecule has 0 aliphatic heterocycles. The molecule has 0 saturated carbocycles. The van der Waals surface area contributed by atoms with E-state index in [4.69, 9.17) is 0 Å². The fourth-order valence-corrected chi connectivity index (χ4v) is 2.03. The molecule has 2 aromatic rings. The number of aromatic nitrogens is 2. The van der Waals surface area contributed by atoms with Gasteiger partial charge in [-0.2, -0.15) is 0 Å². The Kier molecular flexibility index (Phi) is 3.19. The summed E-state index contributed by atoms with van der Waals surface area (Å²) in [5.74, 6) is 0. The summed E-state index contributed by atoms with van der Waals surface area (Å²) in [6.45, 7) is 5.42. The number of hydrogen-bond acceptors (Lipinski definition) is 2. The van der Waals surface area contributed by atoms with Gasteiger partial charge in [-0.05, 0) is 32.9 Å². The smallest absolute Gasteiger partial charge is 0.269 e. The van der Waals surface area contributed by atoms with Crippen LogP contribution in [0.25, 0.3) is 5.69 Å². The molecule has 0 unspecified atom stereocenters. The first-order chi connectivity index (χ1) is 8.52. The topological polar surface area (TPSA) is 44.0 Å². The second-order valence-electron chi connectivity index (χ2n) is 4.54. The fraction of sp³-hybridized carbons (Fsp3) is 0.286. The van der Waals surface area contributed by atoms with Crippen molar-refractivity contribution in [3.63, 3.8) is 0 Å². The SMILES string of the molecule is Cc1cc(=O)n(C(C)C)c(=O)n1-c1ccccc1. The Balaban J connectivity index is 2.81. The van der Waals surface area contributed by atoms with Crippen LogP contribution < -0.4 is 11.2 Å². The molecule has 0 N–H and O–H groups in total. The van der Waals surface area contributed by atoms with E-state index < -0.39 is 0 Å². The van der Waals surface area contributed by atoms with E-state index in [2.05, 4.69) is 0 Å². The summed E-state index contributed by atoms with van der Waals surface area (Å²) in [6, 6.07) is 10.7. The molecule has 0 radical (unpaired) electrons. The lowest BCUT2D eigenvalue weighted by Crippen LogP contribution is -2.40. The maximum atomic E-state index is 12.4. The number of nitrogens with zero attached hydrogens (tertiary/aromatic N) is 2. The largest absolute Gasteiger partial charge is 0.336 e. The van der Waals surface area contributed by atoms with Gasteiger partial charge in [0.05, 0.1) is 5.69 Å². The summed E-state index contributed by atoms with van der Waals surface area (Å²) in [5, 5.41) is 0. The predicted octanol–water partition coefficient (Wildman–Crippen LogP) is 1.89. The molecule has 0 aliphatic carbocycles. The van der Waals surface area contributed by atoms with Crippen molar-refractivity contribution in [1.82, 2.24) is 9.13 Å². The minimum Gasteiger partial charge on any atom is -0.269 e. The molecule has 4 heteroatoms. The number of aryl methyl sites for hydroxylation is 1. The van der Waals surface area contributed by atoms with Crippen LogP contribution in [0, 0.1) is 6.92 Å². The van der Waals surface area contributed by atoms with Gasteiger partial charge in [0, 0.05) is 17.8 Å². The van der Waals surface area contributed by atoms with Crippen LogP contribution in [-0.2, 0) is 0 Å². The normalized spacial score (nSPS) is 10.9. The Labute approximate surface area is 105 Å². The minimum absolute atomic E-state index is 0.152. The van der Waals surface area contributed by atoms with Crippen LogP contribution in [0.15, 0.2) is 46.0 Å². The van der Waals surface area contributed by atoms with E-state index in [9.17, 15) is 9.59 Å². The van der Waals surface area contributed by atoms with Gasteiger partial charge in [0.2, 0.25) is 0 Å². The second kappa shape index (κ2) is 4.64. The standard InChI is InChI=1S/C14H16N2O2/c1-10(2)15-13(17)9-11(3)16(14(15)18)12-7-5-4-6-8-12/h4-10H,1-3H3. The lowest BCUT2D eigenvalue weighted by atomic mass is 10.3. The first-order valence-corrected chi connectivity index (χ1v) is 5.93. The lowest BCUT2D eigenvalue weighted by molar-refractivity contribution is 0.529. The van der Waals surface area contributed by atoms with Gasteiger partial charge in [-0.3, -0.25) is 13.9 Å². The molecule has 0 atom stereocenters. The minimum atomic E-state index is -0.291. The summed E-state index contributed by atoms with van der Waals surface area (Å²) < 4.78 is 2.82. The van der Waals surface area contributed by atoms with Crippen LogP contribution in [0.2, 0.25) is 0 Å². The third-order valence-corrected chi connectivity index (χ3v) is 2.85. The summed E-state index contributed by atoms with van der Waals surface area (Å²) in [5.41, 5.74) is 0.878. The zero-order valence-electron chi connectivity index (χ0n) is 10.8. The Morgan fingerprint density at radius 1 is 1.06 bits per heavy atom. The zero-order valence-corrected chi connectivity index (χ0v) is 10.8. The van der Waals surface area contributed by atoms with Gasteiger partial charge in [-0.15, -0.1) is 0 Å². The van der Waals surface area contributed by atoms with Gasteiger partial charge in [0.1, 0.15) is 0 Å². The lowest BCUT2D eigenvalue weighted by Gasteiger charge is -2.15. The molecule has 0 aliphatic rings. The predicted molar refractivity (Wildman–Crippen MR) is 71.4 cm³/mol. The quantitative estimate of drug-likeness (QED) is 0.809. The van der Waals surface area contributed by atoms with Crippen molar-refractivity contribution in [2.45, 2.75) is 26.8 Å². The Morgan fingerprint density at radius 2 is 1.67 bits per heavy atom. The van der Waals surface area contributed by atoms with Crippen LogP contribution in [0.5, 0.6) is 0 Å². The van der Waals surface area contributed by atoms with Gasteiger partial charge in [-0.1, -0.05) is 18.2 Å². The van der Waals surface area contributed by atoms with Crippen LogP contribution in [0.1, 0.15) is 25.6 Å². The summed E-state index contributed by atoms with van der Waals surface area (Å²) in [7, 11) is 0. The molecular formula is C14H16N2O2. The second-order valence-corrected chi connectivity index (χ2v) is 4.54. The average molecular weight is 244 g/mol. The molecule has 0 spiro atoms. The molecule has 18 heavy (non-hydrogen) atoms. The molecule has 0 bridgehead atoms. The summed E-state index contributed by atoms with van der Waals surface area (Å²) in [4.78, 5) is 24.2. The van der Waals surface area contributed by atoms with Crippen molar-refractivity contribution < 1.29 is 0 Å². The first kappa shape index (κ1) is 12.4. The van der Waals surface area contributed by atoms with Gasteiger partial charge in [-0.25, -0.2) is 4.79 Å². The molecule has 4 nitrogen and oxygen atoms in total. The first-order valence-electron chi connectivity index (χ1n) is 5.93. The van der Waals surface area contributed by atoms with E-state index in [1.165, 1.54) is 10.6 Å². The zero-order chi connectivity index (χ0) is 13.3. The number of benzene rings is 1. The Bertz CT molecular complexity index is 666. The van der Waals surface area contributed by atoms with Crippen molar-refractivity contribution in [2.75, 3.05) is 0 Å². The van der Waals surface area contributed by atoms with Crippen molar-refractivity contribution in [1.29, 1.82) is 0 Å². The van der Waals surface area contributed by atoms with E-state index in [0.717, 1.165) is 5.69 Å². The van der Waals surface area contributed by atoms with Gasteiger partial charge >= 0.3 is 5.69 Å². The van der Waals surface area contributed by atoms with E-state index in [1.807, 2.05) is 44.2 Å². The maximum Gasteiger partial charge on any atom is 0.336 e. The molecular weight excluding hydrogens is 228 g/mol. The van der Waals surface area contributed by atoms with Crippen LogP contribution in [-0.4, -0.2) is 9.13 Å². The van der Waals surface area contributed by atoms with Gasteiger partial charge in [0.25, 0.3) is 5.56 Å². The molecule has 0 amide bonds. The fourth-order valence-electron chi connectivity index (χ4n) is 2.03. The molecule has 0 saturated heterocycles. The van der Waals surface area contributed by atoms with Gasteiger partial charge < -0.3 is 0 Å². The van der Waals surface area contributed by atoms with Crippen LogP contribution >= 0.6 is 0 Å². The van der Waals surface area contributed by atoms with E-state index in [1.54, 1.807) is 11.5 Å². The van der Waals surface area contributed by atoms with Crippen LogP contribution in [0.4, 0.5) is 0 Å². The number of rotatable bonds is 2. The average Bonchev–Trinajstić information content (AvgIpc) is 2.28.